The van der Waals surface area contributed by atoms with Crippen LogP contribution in [0, 0.1) is 6.92 Å². The number of methoxy groups -OCH3 is 1. The highest BCUT2D eigenvalue weighted by Crippen LogP contribution is 2.18. The highest BCUT2D eigenvalue weighted by molar-refractivity contribution is 7.90. The zero-order valence-electron chi connectivity index (χ0n) is 10.9. The number of hydrogen-bond acceptors (Lipinski definition) is 6. The average Bonchev–Trinajstić information content (AvgIpc) is 2.83. The summed E-state index contributed by atoms with van der Waals surface area (Å²) < 4.78 is 30.4. The minimum absolute atomic E-state index is 0.0310. The maximum Gasteiger partial charge on any atom is 0.495 e. The number of aromatic nitrogens is 2. The van der Waals surface area contributed by atoms with Crippen molar-refractivity contribution in [3.63, 3.8) is 0 Å². The molecule has 0 fully saturated rings. The van der Waals surface area contributed by atoms with Gasteiger partial charge in [0.1, 0.15) is 0 Å². The van der Waals surface area contributed by atoms with E-state index < -0.39 is 17.1 Å². The molecule has 0 unspecified atom stereocenters. The molecule has 7 nitrogen and oxygen atoms in total. The molecule has 2 rings (SSSR count). The molecule has 0 saturated carbocycles. The topological polar surface area (TPSA) is 102 Å². The van der Waals surface area contributed by atoms with Gasteiger partial charge in [-0.25, -0.2) is 0 Å². The molecule has 2 aromatic rings. The van der Waals surface area contributed by atoms with Crippen molar-refractivity contribution < 1.29 is 23.2 Å². The molecule has 1 heterocycles. The van der Waals surface area contributed by atoms with E-state index in [2.05, 4.69) is 5.10 Å². The number of nitrogens with zero attached hydrogens (tertiary/aromatic N) is 2. The predicted octanol–water partition coefficient (Wildman–Crippen LogP) is -0.883. The van der Waals surface area contributed by atoms with Gasteiger partial charge in [-0.05, 0) is 19.1 Å². The van der Waals surface area contributed by atoms with Crippen LogP contribution < -0.4 is 10.2 Å². The number of hydrogen-bond donors (Lipinski definition) is 2. The fourth-order valence-electron chi connectivity index (χ4n) is 1.69. The van der Waals surface area contributed by atoms with E-state index in [0.29, 0.717) is 4.09 Å². The Morgan fingerprint density at radius 2 is 1.85 bits per heavy atom. The van der Waals surface area contributed by atoms with Crippen LogP contribution in [-0.2, 0) is 10.0 Å². The van der Waals surface area contributed by atoms with Gasteiger partial charge < -0.3 is 14.8 Å². The SMILES string of the molecule is COc1c(B(O)O)cnn1S(=O)(=O)c1ccc(C)cc1. The summed E-state index contributed by atoms with van der Waals surface area (Å²) in [6.45, 7) is 1.84. The molecule has 106 valence electrons. The van der Waals surface area contributed by atoms with E-state index >= 15 is 0 Å². The summed E-state index contributed by atoms with van der Waals surface area (Å²) in [7, 11) is -4.60. The van der Waals surface area contributed by atoms with Crippen LogP contribution in [0.2, 0.25) is 0 Å². The summed E-state index contributed by atoms with van der Waals surface area (Å²) in [6, 6.07) is 6.21. The van der Waals surface area contributed by atoms with Crippen LogP contribution >= 0.6 is 0 Å². The number of rotatable bonds is 4. The highest BCUT2D eigenvalue weighted by atomic mass is 32.2. The first kappa shape index (κ1) is 14.6. The quantitative estimate of drug-likeness (QED) is 0.710. The first-order valence-corrected chi connectivity index (χ1v) is 7.12. The molecule has 0 bridgehead atoms. The van der Waals surface area contributed by atoms with Gasteiger partial charge in [0.15, 0.2) is 0 Å². The first-order valence-electron chi connectivity index (χ1n) is 5.68. The van der Waals surface area contributed by atoms with Crippen molar-refractivity contribution in [1.29, 1.82) is 0 Å². The first-order chi connectivity index (χ1) is 9.37. The molecule has 0 spiro atoms. The van der Waals surface area contributed by atoms with Gasteiger partial charge in [-0.3, -0.25) is 0 Å². The largest absolute Gasteiger partial charge is 0.495 e. The van der Waals surface area contributed by atoms with E-state index in [0.717, 1.165) is 11.8 Å². The molecule has 0 aliphatic heterocycles. The lowest BCUT2D eigenvalue weighted by atomic mass is 9.83. The van der Waals surface area contributed by atoms with Crippen LogP contribution in [0.3, 0.4) is 0 Å². The van der Waals surface area contributed by atoms with E-state index in [4.69, 9.17) is 14.8 Å². The minimum atomic E-state index is -3.95. The lowest BCUT2D eigenvalue weighted by Crippen LogP contribution is -2.31. The summed E-state index contributed by atoms with van der Waals surface area (Å²) in [4.78, 5) is 0.0310. The summed E-state index contributed by atoms with van der Waals surface area (Å²) >= 11 is 0. The van der Waals surface area contributed by atoms with E-state index in [9.17, 15) is 8.42 Å². The van der Waals surface area contributed by atoms with E-state index in [1.54, 1.807) is 12.1 Å². The van der Waals surface area contributed by atoms with Gasteiger partial charge in [0.25, 0.3) is 10.0 Å². The van der Waals surface area contributed by atoms with Crippen molar-refractivity contribution in [3.05, 3.63) is 36.0 Å². The number of benzene rings is 1. The Bertz CT molecular complexity index is 709. The average molecular weight is 296 g/mol. The molecule has 0 amide bonds. The lowest BCUT2D eigenvalue weighted by molar-refractivity contribution is 0.383. The Hall–Kier alpha value is -1.84. The van der Waals surface area contributed by atoms with Gasteiger partial charge >= 0.3 is 7.12 Å². The Morgan fingerprint density at radius 1 is 1.25 bits per heavy atom. The standard InChI is InChI=1S/C11H13BN2O5S/c1-8-3-5-9(6-4-8)20(17,18)14-11(19-2)10(7-13-14)12(15)16/h3-7,15-16H,1-2H3. The lowest BCUT2D eigenvalue weighted by Gasteiger charge is -2.09. The van der Waals surface area contributed by atoms with Crippen molar-refractivity contribution in [1.82, 2.24) is 9.19 Å². The highest BCUT2D eigenvalue weighted by Gasteiger charge is 2.28. The fraction of sp³-hybridized carbons (Fsp3) is 0.182. The monoisotopic (exact) mass is 296 g/mol. The van der Waals surface area contributed by atoms with Crippen molar-refractivity contribution in [3.8, 4) is 5.88 Å². The molecule has 1 aromatic heterocycles. The van der Waals surface area contributed by atoms with Crippen LogP contribution in [0.1, 0.15) is 5.56 Å². The number of aryl methyl sites for hydroxylation is 1. The summed E-state index contributed by atoms with van der Waals surface area (Å²) in [5.41, 5.74) is 0.797. The molecule has 0 atom stereocenters. The third kappa shape index (κ3) is 2.42. The number of ether oxygens (including phenoxy) is 1. The van der Waals surface area contributed by atoms with Crippen molar-refractivity contribution in [2.45, 2.75) is 11.8 Å². The zero-order chi connectivity index (χ0) is 14.9. The fourth-order valence-corrected chi connectivity index (χ4v) is 2.94. The van der Waals surface area contributed by atoms with Crippen LogP contribution in [-0.4, -0.2) is 41.9 Å². The maximum atomic E-state index is 12.4. The summed E-state index contributed by atoms with van der Waals surface area (Å²) in [6.07, 6.45) is 1.04. The second-order valence-electron chi connectivity index (χ2n) is 4.14. The molecule has 0 aliphatic carbocycles. The van der Waals surface area contributed by atoms with E-state index in [1.165, 1.54) is 19.2 Å². The predicted molar refractivity (Wildman–Crippen MR) is 72.4 cm³/mol. The molecule has 20 heavy (non-hydrogen) atoms. The Labute approximate surface area is 116 Å². The van der Waals surface area contributed by atoms with Gasteiger partial charge in [-0.1, -0.05) is 17.7 Å². The Balaban J connectivity index is 2.58. The molecule has 0 aliphatic rings. The van der Waals surface area contributed by atoms with Gasteiger partial charge in [0.05, 0.1) is 23.7 Å². The third-order valence-corrected chi connectivity index (χ3v) is 4.32. The van der Waals surface area contributed by atoms with Gasteiger partial charge in [0, 0.05) is 0 Å². The molecule has 9 heteroatoms. The van der Waals surface area contributed by atoms with E-state index in [1.807, 2.05) is 6.92 Å². The van der Waals surface area contributed by atoms with Gasteiger partial charge in [0.2, 0.25) is 5.88 Å². The molecule has 2 N–H and O–H groups in total. The molecule has 0 radical (unpaired) electrons. The van der Waals surface area contributed by atoms with Crippen LogP contribution in [0.15, 0.2) is 35.4 Å². The molecular weight excluding hydrogens is 283 g/mol. The van der Waals surface area contributed by atoms with E-state index in [-0.39, 0.29) is 16.2 Å². The Kier molecular flexibility index (Phi) is 3.84. The van der Waals surface area contributed by atoms with Crippen LogP contribution in [0.25, 0.3) is 0 Å². The van der Waals surface area contributed by atoms with Crippen LogP contribution in [0.4, 0.5) is 0 Å². The summed E-state index contributed by atoms with van der Waals surface area (Å²) in [5, 5.41) is 22.0. The van der Waals surface area contributed by atoms with Crippen molar-refractivity contribution >= 4 is 22.6 Å². The molecular formula is C11H13BN2O5S. The third-order valence-electron chi connectivity index (χ3n) is 2.74. The smallest absolute Gasteiger partial charge is 0.481 e. The van der Waals surface area contributed by atoms with Crippen LogP contribution in [0.5, 0.6) is 5.88 Å². The molecule has 1 aromatic carbocycles. The second kappa shape index (κ2) is 5.27. The minimum Gasteiger partial charge on any atom is -0.481 e. The van der Waals surface area contributed by atoms with Crippen molar-refractivity contribution in [2.75, 3.05) is 7.11 Å². The maximum absolute atomic E-state index is 12.4. The second-order valence-corrected chi connectivity index (χ2v) is 5.91. The zero-order valence-corrected chi connectivity index (χ0v) is 11.7. The van der Waals surface area contributed by atoms with Gasteiger partial charge in [-0.15, -0.1) is 4.09 Å². The normalized spacial score (nSPS) is 11.4. The molecule has 0 saturated heterocycles. The van der Waals surface area contributed by atoms with Crippen molar-refractivity contribution in [2.24, 2.45) is 0 Å². The Morgan fingerprint density at radius 3 is 2.35 bits per heavy atom. The van der Waals surface area contributed by atoms with Gasteiger partial charge in [-0.2, -0.15) is 13.5 Å². The summed E-state index contributed by atoms with van der Waals surface area (Å²) in [5.74, 6) is -0.236.